The molecule has 0 saturated heterocycles. The molecule has 0 aromatic heterocycles. The van der Waals surface area contributed by atoms with Gasteiger partial charge in [-0.05, 0) is 36.2 Å². The maximum atomic E-state index is 12.1. The predicted molar refractivity (Wildman–Crippen MR) is 83.6 cm³/mol. The Morgan fingerprint density at radius 2 is 1.90 bits per heavy atom. The van der Waals surface area contributed by atoms with Gasteiger partial charge < -0.3 is 5.32 Å². The first-order chi connectivity index (χ1) is 9.56. The zero-order chi connectivity index (χ0) is 14.5. The summed E-state index contributed by atoms with van der Waals surface area (Å²) in [6, 6.07) is 14.9. The average Bonchev–Trinajstić information content (AvgIpc) is 2.44. The molecule has 0 fully saturated rings. The van der Waals surface area contributed by atoms with Crippen LogP contribution in [0.1, 0.15) is 26.9 Å². The van der Waals surface area contributed by atoms with E-state index in [1.165, 1.54) is 0 Å². The lowest BCUT2D eigenvalue weighted by molar-refractivity contribution is 0.0953. The molecule has 0 heterocycles. The molecule has 1 atom stereocenters. The summed E-state index contributed by atoms with van der Waals surface area (Å²) in [4.78, 5) is 12.1. The van der Waals surface area contributed by atoms with E-state index in [9.17, 15) is 4.79 Å². The molecule has 2 aromatic carbocycles. The van der Waals surface area contributed by atoms with E-state index >= 15 is 0 Å². The standard InChI is InChI=1S/C16H15Cl2NO/c1-11-7-13(9-14(17)8-11)16(20)19-10-15(18)12-5-3-2-4-6-12/h2-9,15H,10H2,1H3,(H,19,20). The van der Waals surface area contributed by atoms with Crippen LogP contribution in [0.25, 0.3) is 0 Å². The summed E-state index contributed by atoms with van der Waals surface area (Å²) in [6.07, 6.45) is 0. The van der Waals surface area contributed by atoms with Gasteiger partial charge in [-0.3, -0.25) is 4.79 Å². The van der Waals surface area contributed by atoms with Crippen LogP contribution in [-0.2, 0) is 0 Å². The summed E-state index contributed by atoms with van der Waals surface area (Å²) >= 11 is 12.2. The van der Waals surface area contributed by atoms with E-state index in [0.29, 0.717) is 17.1 Å². The average molecular weight is 308 g/mol. The summed E-state index contributed by atoms with van der Waals surface area (Å²) in [7, 11) is 0. The minimum Gasteiger partial charge on any atom is -0.350 e. The van der Waals surface area contributed by atoms with E-state index in [2.05, 4.69) is 5.32 Å². The second-order valence-electron chi connectivity index (χ2n) is 4.61. The van der Waals surface area contributed by atoms with Gasteiger partial charge in [0, 0.05) is 17.1 Å². The van der Waals surface area contributed by atoms with Crippen LogP contribution in [0.3, 0.4) is 0 Å². The van der Waals surface area contributed by atoms with E-state index < -0.39 is 0 Å². The van der Waals surface area contributed by atoms with Crippen molar-refractivity contribution < 1.29 is 4.79 Å². The van der Waals surface area contributed by atoms with Crippen molar-refractivity contribution in [3.05, 3.63) is 70.2 Å². The van der Waals surface area contributed by atoms with Crippen molar-refractivity contribution in [2.24, 2.45) is 0 Å². The lowest BCUT2D eigenvalue weighted by Crippen LogP contribution is -2.26. The zero-order valence-electron chi connectivity index (χ0n) is 11.1. The molecule has 2 aromatic rings. The molecule has 0 saturated carbocycles. The molecule has 0 aliphatic carbocycles. The Kier molecular flexibility index (Phi) is 5.05. The minimum atomic E-state index is -0.250. The number of alkyl halides is 1. The Balaban J connectivity index is 1.98. The number of benzene rings is 2. The molecule has 0 radical (unpaired) electrons. The second kappa shape index (κ2) is 6.78. The third-order valence-electron chi connectivity index (χ3n) is 2.91. The molecule has 2 nitrogen and oxygen atoms in total. The van der Waals surface area contributed by atoms with E-state index in [4.69, 9.17) is 23.2 Å². The lowest BCUT2D eigenvalue weighted by atomic mass is 10.1. The highest BCUT2D eigenvalue weighted by Gasteiger charge is 2.11. The Labute approximate surface area is 128 Å². The number of carbonyl (C=O) groups is 1. The van der Waals surface area contributed by atoms with Gasteiger partial charge in [0.1, 0.15) is 0 Å². The Bertz CT molecular complexity index is 578. The van der Waals surface area contributed by atoms with Gasteiger partial charge in [-0.2, -0.15) is 0 Å². The minimum absolute atomic E-state index is 0.169. The summed E-state index contributed by atoms with van der Waals surface area (Å²) in [5.74, 6) is -0.169. The molecule has 0 aliphatic heterocycles. The van der Waals surface area contributed by atoms with Gasteiger partial charge in [-0.1, -0.05) is 41.9 Å². The van der Waals surface area contributed by atoms with Crippen LogP contribution in [0, 0.1) is 6.92 Å². The number of rotatable bonds is 4. The number of hydrogen-bond acceptors (Lipinski definition) is 1. The van der Waals surface area contributed by atoms with Crippen LogP contribution in [0.4, 0.5) is 0 Å². The van der Waals surface area contributed by atoms with Crippen LogP contribution >= 0.6 is 23.2 Å². The topological polar surface area (TPSA) is 29.1 Å². The first-order valence-electron chi connectivity index (χ1n) is 6.30. The molecular weight excluding hydrogens is 293 g/mol. The van der Waals surface area contributed by atoms with E-state index in [1.54, 1.807) is 12.1 Å². The maximum absolute atomic E-state index is 12.1. The molecule has 1 amide bonds. The molecule has 20 heavy (non-hydrogen) atoms. The van der Waals surface area contributed by atoms with Crippen molar-refractivity contribution in [3.63, 3.8) is 0 Å². The zero-order valence-corrected chi connectivity index (χ0v) is 12.6. The lowest BCUT2D eigenvalue weighted by Gasteiger charge is -2.11. The monoisotopic (exact) mass is 307 g/mol. The molecule has 2 rings (SSSR count). The second-order valence-corrected chi connectivity index (χ2v) is 5.57. The molecule has 0 bridgehead atoms. The first-order valence-corrected chi connectivity index (χ1v) is 7.12. The Morgan fingerprint density at radius 1 is 1.20 bits per heavy atom. The summed E-state index contributed by atoms with van der Waals surface area (Å²) in [5, 5.41) is 3.13. The van der Waals surface area contributed by atoms with Crippen LogP contribution in [0.2, 0.25) is 5.02 Å². The van der Waals surface area contributed by atoms with Gasteiger partial charge >= 0.3 is 0 Å². The van der Waals surface area contributed by atoms with Gasteiger partial charge in [0.2, 0.25) is 0 Å². The van der Waals surface area contributed by atoms with Gasteiger partial charge in [-0.25, -0.2) is 0 Å². The highest BCUT2D eigenvalue weighted by atomic mass is 35.5. The Morgan fingerprint density at radius 3 is 2.55 bits per heavy atom. The van der Waals surface area contributed by atoms with E-state index in [1.807, 2.05) is 43.3 Å². The quantitative estimate of drug-likeness (QED) is 0.836. The third-order valence-corrected chi connectivity index (χ3v) is 3.53. The molecule has 0 spiro atoms. The van der Waals surface area contributed by atoms with Crippen LogP contribution in [0.15, 0.2) is 48.5 Å². The smallest absolute Gasteiger partial charge is 0.251 e. The molecule has 1 unspecified atom stereocenters. The maximum Gasteiger partial charge on any atom is 0.251 e. The van der Waals surface area contributed by atoms with Gasteiger partial charge in [-0.15, -0.1) is 11.6 Å². The molecule has 1 N–H and O–H groups in total. The first kappa shape index (κ1) is 14.9. The number of halogens is 2. The fourth-order valence-corrected chi connectivity index (χ4v) is 2.44. The molecule has 4 heteroatoms. The van der Waals surface area contributed by atoms with E-state index in [-0.39, 0.29) is 11.3 Å². The summed E-state index contributed by atoms with van der Waals surface area (Å²) in [6.45, 7) is 2.27. The van der Waals surface area contributed by atoms with Crippen molar-refractivity contribution in [1.82, 2.24) is 5.32 Å². The SMILES string of the molecule is Cc1cc(Cl)cc(C(=O)NCC(Cl)c2ccccc2)c1. The summed E-state index contributed by atoms with van der Waals surface area (Å²) < 4.78 is 0. The van der Waals surface area contributed by atoms with Gasteiger partial charge in [0.25, 0.3) is 5.91 Å². The van der Waals surface area contributed by atoms with Crippen LogP contribution < -0.4 is 5.32 Å². The fourth-order valence-electron chi connectivity index (χ4n) is 1.93. The van der Waals surface area contributed by atoms with Crippen molar-refractivity contribution in [3.8, 4) is 0 Å². The molecule has 0 aliphatic rings. The number of carbonyl (C=O) groups excluding carboxylic acids is 1. The van der Waals surface area contributed by atoms with Crippen molar-refractivity contribution >= 4 is 29.1 Å². The number of nitrogens with one attached hydrogen (secondary N) is 1. The normalized spacial score (nSPS) is 11.9. The van der Waals surface area contributed by atoms with Crippen LogP contribution in [-0.4, -0.2) is 12.5 Å². The number of amides is 1. The van der Waals surface area contributed by atoms with Gasteiger partial charge in [0.05, 0.1) is 5.38 Å². The predicted octanol–water partition coefficient (Wildman–Crippen LogP) is 4.36. The highest BCUT2D eigenvalue weighted by Crippen LogP contribution is 2.19. The molecular formula is C16H15Cl2NO. The third kappa shape index (κ3) is 3.99. The number of aryl methyl sites for hydroxylation is 1. The fraction of sp³-hybridized carbons (Fsp3) is 0.188. The van der Waals surface area contributed by atoms with Crippen molar-refractivity contribution in [2.75, 3.05) is 6.54 Å². The summed E-state index contributed by atoms with van der Waals surface area (Å²) in [5.41, 5.74) is 2.48. The Hall–Kier alpha value is -1.51. The van der Waals surface area contributed by atoms with Crippen LogP contribution in [0.5, 0.6) is 0 Å². The van der Waals surface area contributed by atoms with Crippen molar-refractivity contribution in [1.29, 1.82) is 0 Å². The number of hydrogen-bond donors (Lipinski definition) is 1. The van der Waals surface area contributed by atoms with Gasteiger partial charge in [0.15, 0.2) is 0 Å². The largest absolute Gasteiger partial charge is 0.350 e. The van der Waals surface area contributed by atoms with E-state index in [0.717, 1.165) is 11.1 Å². The van der Waals surface area contributed by atoms with Crippen molar-refractivity contribution in [2.45, 2.75) is 12.3 Å². The highest BCUT2D eigenvalue weighted by molar-refractivity contribution is 6.31. The molecule has 104 valence electrons.